The lowest BCUT2D eigenvalue weighted by Crippen LogP contribution is -2.62. The van der Waals surface area contributed by atoms with Crippen LogP contribution >= 0.6 is 0 Å². The Morgan fingerprint density at radius 3 is 2.06 bits per heavy atom. The van der Waals surface area contributed by atoms with E-state index < -0.39 is 42.6 Å². The molecule has 5 N–H and O–H groups in total. The van der Waals surface area contributed by atoms with Crippen LogP contribution in [0.1, 0.15) is 6.92 Å². The first kappa shape index (κ1) is 16.2. The number of nitrogens with two attached hydrogens (primary N) is 1. The maximum atomic E-state index is 12.3. The Morgan fingerprint density at radius 2 is 1.67 bits per heavy atom. The van der Waals surface area contributed by atoms with E-state index in [0.29, 0.717) is 6.92 Å². The summed E-state index contributed by atoms with van der Waals surface area (Å²) in [6, 6.07) is 0. The van der Waals surface area contributed by atoms with Gasteiger partial charge in [-0.1, -0.05) is 0 Å². The summed E-state index contributed by atoms with van der Waals surface area (Å²) < 4.78 is 36.9. The van der Waals surface area contributed by atoms with Crippen LogP contribution in [0.15, 0.2) is 0 Å². The Kier molecular flexibility index (Phi) is 5.09. The van der Waals surface area contributed by atoms with E-state index in [0.717, 1.165) is 0 Å². The van der Waals surface area contributed by atoms with Crippen molar-refractivity contribution in [3.05, 3.63) is 0 Å². The number of carbonyl (C=O) groups is 3. The van der Waals surface area contributed by atoms with Crippen molar-refractivity contribution in [1.29, 1.82) is 0 Å². The molecule has 2 amide bonds. The lowest BCUT2D eigenvalue weighted by atomic mass is 10.0. The van der Waals surface area contributed by atoms with Crippen LogP contribution in [0.4, 0.5) is 13.2 Å². The first-order chi connectivity index (χ1) is 7.98. The van der Waals surface area contributed by atoms with E-state index in [1.54, 1.807) is 5.32 Å². The highest BCUT2D eigenvalue weighted by Crippen LogP contribution is 2.27. The summed E-state index contributed by atoms with van der Waals surface area (Å²) in [5, 5.41) is 11.7. The molecule has 0 aliphatic heterocycles. The summed E-state index contributed by atoms with van der Waals surface area (Å²) in [4.78, 5) is 32.1. The SMILES string of the molecule is CC(N)(C(=O)NCC(=O)NCC(=O)O)C(F)(F)F. The summed E-state index contributed by atoms with van der Waals surface area (Å²) in [7, 11) is 0. The topological polar surface area (TPSA) is 122 Å². The predicted octanol–water partition coefficient (Wildman–Crippen LogP) is -1.42. The molecule has 0 saturated heterocycles. The van der Waals surface area contributed by atoms with Gasteiger partial charge in [-0.15, -0.1) is 0 Å². The van der Waals surface area contributed by atoms with Gasteiger partial charge in [-0.05, 0) is 6.92 Å². The Bertz CT molecular complexity index is 354. The van der Waals surface area contributed by atoms with E-state index in [-0.39, 0.29) is 0 Å². The van der Waals surface area contributed by atoms with Crippen LogP contribution < -0.4 is 16.4 Å². The number of amides is 2. The van der Waals surface area contributed by atoms with Gasteiger partial charge in [-0.2, -0.15) is 13.2 Å². The Balaban J connectivity index is 4.27. The molecule has 0 rings (SSSR count). The molecule has 0 fully saturated rings. The molecule has 0 spiro atoms. The zero-order chi connectivity index (χ0) is 14.6. The molecule has 0 radical (unpaired) electrons. The molecular formula is C8H12F3N3O4. The summed E-state index contributed by atoms with van der Waals surface area (Å²) in [5.74, 6) is -3.85. The van der Waals surface area contributed by atoms with Crippen LogP contribution in [0.25, 0.3) is 0 Å². The van der Waals surface area contributed by atoms with Crippen LogP contribution in [0, 0.1) is 0 Å². The van der Waals surface area contributed by atoms with Crippen molar-refractivity contribution in [3.8, 4) is 0 Å². The predicted molar refractivity (Wildman–Crippen MR) is 52.3 cm³/mol. The smallest absolute Gasteiger partial charge is 0.415 e. The molecule has 7 nitrogen and oxygen atoms in total. The van der Waals surface area contributed by atoms with Crippen molar-refractivity contribution in [2.24, 2.45) is 5.73 Å². The molecule has 18 heavy (non-hydrogen) atoms. The van der Waals surface area contributed by atoms with Crippen molar-refractivity contribution in [3.63, 3.8) is 0 Å². The number of aliphatic carboxylic acids is 1. The molecule has 0 bridgehead atoms. The van der Waals surface area contributed by atoms with E-state index in [4.69, 9.17) is 10.8 Å². The quantitative estimate of drug-likeness (QED) is 0.489. The van der Waals surface area contributed by atoms with Crippen molar-refractivity contribution >= 4 is 17.8 Å². The van der Waals surface area contributed by atoms with Crippen LogP contribution in [0.2, 0.25) is 0 Å². The molecule has 0 heterocycles. The second-order valence-electron chi connectivity index (χ2n) is 3.55. The normalized spacial score (nSPS) is 14.5. The third-order valence-corrected chi connectivity index (χ3v) is 1.91. The van der Waals surface area contributed by atoms with Gasteiger partial charge in [0.1, 0.15) is 6.54 Å². The van der Waals surface area contributed by atoms with Gasteiger partial charge in [0.25, 0.3) is 0 Å². The fourth-order valence-corrected chi connectivity index (χ4v) is 0.710. The summed E-state index contributed by atoms with van der Waals surface area (Å²) in [5.41, 5.74) is 1.66. The minimum absolute atomic E-state index is 0.456. The van der Waals surface area contributed by atoms with E-state index in [2.05, 4.69) is 0 Å². The average Bonchev–Trinajstić information content (AvgIpc) is 2.21. The molecule has 0 aliphatic rings. The molecule has 104 valence electrons. The molecule has 10 heteroatoms. The number of hydrogen-bond donors (Lipinski definition) is 4. The molecule has 0 aromatic carbocycles. The highest BCUT2D eigenvalue weighted by atomic mass is 19.4. The maximum absolute atomic E-state index is 12.3. The number of rotatable bonds is 5. The van der Waals surface area contributed by atoms with Gasteiger partial charge in [-0.25, -0.2) is 0 Å². The molecule has 0 aromatic rings. The van der Waals surface area contributed by atoms with Crippen molar-refractivity contribution in [1.82, 2.24) is 10.6 Å². The van der Waals surface area contributed by atoms with Gasteiger partial charge in [-0.3, -0.25) is 14.4 Å². The first-order valence-electron chi connectivity index (χ1n) is 4.61. The van der Waals surface area contributed by atoms with E-state index in [9.17, 15) is 27.6 Å². The Labute approximate surface area is 99.5 Å². The van der Waals surface area contributed by atoms with Crippen molar-refractivity contribution in [2.45, 2.75) is 18.6 Å². The third kappa shape index (κ3) is 4.57. The molecule has 1 unspecified atom stereocenters. The molecule has 0 aromatic heterocycles. The number of carbonyl (C=O) groups excluding carboxylic acids is 2. The monoisotopic (exact) mass is 271 g/mol. The second kappa shape index (κ2) is 5.67. The fourth-order valence-electron chi connectivity index (χ4n) is 0.710. The standard InChI is InChI=1S/C8H12F3N3O4/c1-7(12,8(9,10)11)6(18)14-2-4(15)13-3-5(16)17/h2-3,12H2,1H3,(H,13,15)(H,14,18)(H,16,17). The number of carboxylic acids is 1. The minimum atomic E-state index is -4.96. The zero-order valence-corrected chi connectivity index (χ0v) is 9.30. The number of carboxylic acid groups (broad SMARTS) is 1. The molecule has 0 aliphatic carbocycles. The van der Waals surface area contributed by atoms with Gasteiger partial charge < -0.3 is 21.5 Å². The van der Waals surface area contributed by atoms with E-state index >= 15 is 0 Å². The van der Waals surface area contributed by atoms with Crippen LogP contribution in [-0.2, 0) is 14.4 Å². The number of hydrogen-bond acceptors (Lipinski definition) is 4. The highest BCUT2D eigenvalue weighted by molar-refractivity contribution is 5.91. The maximum Gasteiger partial charge on any atom is 0.415 e. The van der Waals surface area contributed by atoms with Crippen LogP contribution in [0.3, 0.4) is 0 Å². The molecule has 0 saturated carbocycles. The van der Waals surface area contributed by atoms with Gasteiger partial charge in [0.05, 0.1) is 6.54 Å². The van der Waals surface area contributed by atoms with Gasteiger partial charge in [0.15, 0.2) is 5.54 Å². The lowest BCUT2D eigenvalue weighted by Gasteiger charge is -2.25. The third-order valence-electron chi connectivity index (χ3n) is 1.91. The van der Waals surface area contributed by atoms with Crippen molar-refractivity contribution in [2.75, 3.05) is 13.1 Å². The number of nitrogens with one attached hydrogen (secondary N) is 2. The summed E-state index contributed by atoms with van der Waals surface area (Å²) in [6.45, 7) is -1.04. The van der Waals surface area contributed by atoms with Gasteiger partial charge >= 0.3 is 12.1 Å². The number of halogens is 3. The lowest BCUT2D eigenvalue weighted by molar-refractivity contribution is -0.187. The van der Waals surface area contributed by atoms with E-state index in [1.807, 2.05) is 5.32 Å². The second-order valence-corrected chi connectivity index (χ2v) is 3.55. The fraction of sp³-hybridized carbons (Fsp3) is 0.625. The van der Waals surface area contributed by atoms with Crippen LogP contribution in [-0.4, -0.2) is 47.7 Å². The summed E-state index contributed by atoms with van der Waals surface area (Å²) in [6.07, 6.45) is -4.96. The summed E-state index contributed by atoms with van der Waals surface area (Å²) >= 11 is 0. The minimum Gasteiger partial charge on any atom is -0.480 e. The van der Waals surface area contributed by atoms with Crippen LogP contribution in [0.5, 0.6) is 0 Å². The molecule has 1 atom stereocenters. The van der Waals surface area contributed by atoms with E-state index in [1.165, 1.54) is 0 Å². The zero-order valence-electron chi connectivity index (χ0n) is 9.30. The Hall–Kier alpha value is -1.84. The Morgan fingerprint density at radius 1 is 1.17 bits per heavy atom. The largest absolute Gasteiger partial charge is 0.480 e. The first-order valence-corrected chi connectivity index (χ1v) is 4.61. The highest BCUT2D eigenvalue weighted by Gasteiger charge is 2.53. The average molecular weight is 271 g/mol. The van der Waals surface area contributed by atoms with Gasteiger partial charge in [0, 0.05) is 0 Å². The van der Waals surface area contributed by atoms with Gasteiger partial charge in [0.2, 0.25) is 11.8 Å². The number of alkyl halides is 3. The molecular weight excluding hydrogens is 259 g/mol. The van der Waals surface area contributed by atoms with Crippen molar-refractivity contribution < 1.29 is 32.7 Å².